The Labute approximate surface area is 345 Å². The number of likely N-dealkylation sites (tertiary alicyclic amines) is 1. The van der Waals surface area contributed by atoms with Gasteiger partial charge in [-0.1, -0.05) is 31.1 Å². The van der Waals surface area contributed by atoms with Crippen molar-refractivity contribution in [1.82, 2.24) is 24.5 Å². The second kappa shape index (κ2) is 16.3. The highest BCUT2D eigenvalue weighted by molar-refractivity contribution is 7.90. The number of carbonyl (C=O) groups is 4. The number of amides is 3. The highest BCUT2D eigenvalue weighted by Crippen LogP contribution is 2.57. The fourth-order valence-electron chi connectivity index (χ4n) is 9.67. The maximum Gasteiger partial charge on any atom is 0.240 e. The van der Waals surface area contributed by atoms with Gasteiger partial charge >= 0.3 is 0 Å². The normalized spacial score (nSPS) is 28.1. The monoisotopic (exact) mass is 823 g/mol. The summed E-state index contributed by atoms with van der Waals surface area (Å²) in [5, 5.41) is 0.191. The zero-order chi connectivity index (χ0) is 40.7. The van der Waals surface area contributed by atoms with Gasteiger partial charge in [0.25, 0.3) is 0 Å². The summed E-state index contributed by atoms with van der Waals surface area (Å²) in [6.45, 7) is 2.03. The van der Waals surface area contributed by atoms with E-state index >= 15 is 0 Å². The number of piperidine rings is 1. The van der Waals surface area contributed by atoms with E-state index in [1.54, 1.807) is 11.1 Å². The van der Waals surface area contributed by atoms with E-state index in [1.807, 2.05) is 53.5 Å². The molecule has 4 fully saturated rings. The number of rotatable bonds is 8. The highest BCUT2D eigenvalue weighted by atomic mass is 32.2. The molecule has 1 aromatic carbocycles. The van der Waals surface area contributed by atoms with Gasteiger partial charge in [0.2, 0.25) is 27.7 Å². The van der Waals surface area contributed by atoms with Crippen LogP contribution < -0.4 is 14.2 Å². The number of hydrogen-bond donors (Lipinski definition) is 1. The van der Waals surface area contributed by atoms with Gasteiger partial charge in [-0.05, 0) is 88.0 Å². The van der Waals surface area contributed by atoms with Gasteiger partial charge in [0, 0.05) is 67.9 Å². The largest absolute Gasteiger partial charge is 0.493 e. The van der Waals surface area contributed by atoms with Crippen molar-refractivity contribution in [2.24, 2.45) is 17.3 Å². The molecule has 3 amide bonds. The molecule has 2 saturated carbocycles. The summed E-state index contributed by atoms with van der Waals surface area (Å²) in [5.41, 5.74) is 1.79. The second-order valence-electron chi connectivity index (χ2n) is 17.4. The number of benzene rings is 1. The van der Waals surface area contributed by atoms with Crippen LogP contribution in [0.15, 0.2) is 54.7 Å². The Kier molecular flexibility index (Phi) is 10.9. The fraction of sp³-hybridized carbons (Fsp3) is 0.556. The summed E-state index contributed by atoms with van der Waals surface area (Å²) in [5.74, 6) is -0.827. The first-order valence-corrected chi connectivity index (χ1v) is 23.2. The number of carbonyl (C=O) groups excluding carboxylic acids is 4. The Morgan fingerprint density at radius 2 is 1.81 bits per heavy atom. The first-order chi connectivity index (χ1) is 28.6. The number of hydrogen-bond acceptors (Lipinski definition) is 10. The van der Waals surface area contributed by atoms with Crippen LogP contribution in [0, 0.1) is 17.3 Å². The molecule has 3 aromatic rings. The van der Waals surface area contributed by atoms with Crippen LogP contribution in [0.4, 0.5) is 0 Å². The summed E-state index contributed by atoms with van der Waals surface area (Å²) in [7, 11) is -3.85. The van der Waals surface area contributed by atoms with Crippen LogP contribution in [0.1, 0.15) is 95.5 Å². The van der Waals surface area contributed by atoms with Crippen molar-refractivity contribution >= 4 is 44.4 Å². The summed E-state index contributed by atoms with van der Waals surface area (Å²) >= 11 is 0. The molecule has 14 heteroatoms. The molecule has 0 spiro atoms. The number of pyridine rings is 2. The highest BCUT2D eigenvalue weighted by Gasteiger charge is 2.61. The molecular formula is C45H53N5O8S. The molecule has 2 aromatic heterocycles. The fourth-order valence-corrected chi connectivity index (χ4v) is 11.1. The molecule has 6 heterocycles. The third-order valence-corrected chi connectivity index (χ3v) is 15.1. The van der Waals surface area contributed by atoms with Crippen LogP contribution in [-0.2, 0) is 35.6 Å². The molecular weight excluding hydrogens is 771 g/mol. The predicted molar refractivity (Wildman–Crippen MR) is 220 cm³/mol. The minimum atomic E-state index is -3.85. The smallest absolute Gasteiger partial charge is 0.240 e. The van der Waals surface area contributed by atoms with Crippen molar-refractivity contribution < 1.29 is 37.1 Å². The lowest BCUT2D eigenvalue weighted by molar-refractivity contribution is -0.145. The Morgan fingerprint density at radius 1 is 0.983 bits per heavy atom. The second-order valence-corrected chi connectivity index (χ2v) is 19.4. The van der Waals surface area contributed by atoms with Crippen LogP contribution in [0.2, 0.25) is 0 Å². The van der Waals surface area contributed by atoms with Crippen molar-refractivity contribution in [3.8, 4) is 22.9 Å². The van der Waals surface area contributed by atoms with Crippen LogP contribution >= 0.6 is 0 Å². The van der Waals surface area contributed by atoms with Crippen LogP contribution in [0.5, 0.6) is 11.5 Å². The van der Waals surface area contributed by atoms with E-state index in [0.717, 1.165) is 67.2 Å². The van der Waals surface area contributed by atoms with Crippen LogP contribution in [-0.4, -0.2) is 95.3 Å². The SMILES string of the molecule is O=C1C[C@]2(C(=O)NS(=O)(=O)C3CC3)C[C@H]2/C=C\CCCCC[C@H](CC(=O)N2CCCCC2)C(=O)N2C[C@H](Oc3cc(-c4ccccn4)nc4c5c(ccc34)OCC5)C[C@@H]12. The molecule has 4 aliphatic heterocycles. The zero-order valence-electron chi connectivity index (χ0n) is 33.5. The van der Waals surface area contributed by atoms with Crippen molar-refractivity contribution in [1.29, 1.82) is 0 Å². The van der Waals surface area contributed by atoms with Gasteiger partial charge in [-0.3, -0.25) is 28.9 Å². The third kappa shape index (κ3) is 8.21. The van der Waals surface area contributed by atoms with Crippen molar-refractivity contribution in [2.75, 3.05) is 26.2 Å². The summed E-state index contributed by atoms with van der Waals surface area (Å²) in [6, 6.07) is 10.4. The lowest BCUT2D eigenvalue weighted by Crippen LogP contribution is -2.47. The zero-order valence-corrected chi connectivity index (χ0v) is 34.3. The van der Waals surface area contributed by atoms with Gasteiger partial charge in [0.1, 0.15) is 17.6 Å². The number of Topliss-reactive ketones (excluding diaryl/α,β-unsaturated/α-hetero) is 1. The van der Waals surface area contributed by atoms with Crippen LogP contribution in [0.25, 0.3) is 22.3 Å². The van der Waals surface area contributed by atoms with E-state index < -0.39 is 44.7 Å². The predicted octanol–water partition coefficient (Wildman–Crippen LogP) is 5.69. The Bertz CT molecular complexity index is 2270. The molecule has 2 aliphatic carbocycles. The number of nitrogens with zero attached hydrogens (tertiary/aromatic N) is 4. The molecule has 59 heavy (non-hydrogen) atoms. The number of aromatic nitrogens is 2. The lowest BCUT2D eigenvalue weighted by Gasteiger charge is -2.31. The van der Waals surface area contributed by atoms with Crippen molar-refractivity contribution in [2.45, 2.75) is 114 Å². The number of ether oxygens (including phenoxy) is 2. The molecule has 9 rings (SSSR count). The summed E-state index contributed by atoms with van der Waals surface area (Å²) in [4.78, 5) is 70.4. The molecule has 6 aliphatic rings. The minimum absolute atomic E-state index is 0.0334. The van der Waals surface area contributed by atoms with E-state index in [-0.39, 0.29) is 49.3 Å². The summed E-state index contributed by atoms with van der Waals surface area (Å²) in [6.07, 6.45) is 13.9. The van der Waals surface area contributed by atoms with E-state index in [4.69, 9.17) is 14.5 Å². The Morgan fingerprint density at radius 3 is 2.61 bits per heavy atom. The Balaban J connectivity index is 1.05. The third-order valence-electron chi connectivity index (χ3n) is 13.3. The van der Waals surface area contributed by atoms with E-state index in [9.17, 15) is 27.6 Å². The lowest BCUT2D eigenvalue weighted by atomic mass is 9.90. The standard InChI is InChI=1S/C45H53N5O8S/c51-38-27-45(44(54)48-59(55,56)32-14-15-32)26-30(45)12-6-3-1-2-5-11-29(23-41(52)49-20-9-4-10-21-49)43(53)50-28-31(24-37(38)50)58-40-25-36(35-13-7-8-19-46-35)47-42-33(40)16-17-39-34(42)18-22-57-39/h6-8,12-13,16-17,19,25,29-32,37H,1-5,9-11,14-15,18,20-24,26-28H2,(H,48,54)/b12-6-/t29-,30-,31-,37+,45-/m1/s1. The van der Waals surface area contributed by atoms with Crippen LogP contribution in [0.3, 0.4) is 0 Å². The van der Waals surface area contributed by atoms with E-state index in [1.165, 1.54) is 0 Å². The quantitative estimate of drug-likeness (QED) is 0.279. The number of allylic oxidation sites excluding steroid dienone is 2. The van der Waals surface area contributed by atoms with Gasteiger partial charge in [-0.25, -0.2) is 13.4 Å². The maximum atomic E-state index is 14.9. The van der Waals surface area contributed by atoms with Gasteiger partial charge in [0.15, 0.2) is 5.78 Å². The van der Waals surface area contributed by atoms with Gasteiger partial charge < -0.3 is 19.3 Å². The summed E-state index contributed by atoms with van der Waals surface area (Å²) < 4.78 is 41.1. The number of fused-ring (bicyclic) bond motifs is 5. The van der Waals surface area contributed by atoms with Crippen molar-refractivity contribution in [3.63, 3.8) is 0 Å². The van der Waals surface area contributed by atoms with Gasteiger partial charge in [0.05, 0.1) is 46.8 Å². The number of sulfonamides is 1. The Hall–Kier alpha value is -4.85. The molecule has 2 saturated heterocycles. The number of ketones is 1. The first kappa shape index (κ1) is 39.6. The molecule has 1 N–H and O–H groups in total. The molecule has 0 unspecified atom stereocenters. The topological polar surface area (TPSA) is 165 Å². The molecule has 312 valence electrons. The average Bonchev–Trinajstić information content (AvgIpc) is 4.12. The molecule has 0 radical (unpaired) electrons. The molecule has 5 atom stereocenters. The van der Waals surface area contributed by atoms with E-state index in [0.29, 0.717) is 68.9 Å². The van der Waals surface area contributed by atoms with Crippen molar-refractivity contribution in [3.05, 3.63) is 60.3 Å². The van der Waals surface area contributed by atoms with Gasteiger partial charge in [-0.2, -0.15) is 0 Å². The molecule has 0 bridgehead atoms. The van der Waals surface area contributed by atoms with E-state index in [2.05, 4.69) is 9.71 Å². The maximum absolute atomic E-state index is 14.9. The minimum Gasteiger partial charge on any atom is -0.493 e. The number of nitrogens with one attached hydrogen (secondary N) is 1. The molecule has 13 nitrogen and oxygen atoms in total. The average molecular weight is 824 g/mol. The first-order valence-electron chi connectivity index (χ1n) is 21.6. The van der Waals surface area contributed by atoms with Gasteiger partial charge in [-0.15, -0.1) is 0 Å².